The molecule has 0 bridgehead atoms. The Morgan fingerprint density at radius 3 is 2.33 bits per heavy atom. The molecule has 4 heteroatoms. The summed E-state index contributed by atoms with van der Waals surface area (Å²) in [6, 6.07) is 9.11. The van der Waals surface area contributed by atoms with Gasteiger partial charge >= 0.3 is 5.97 Å². The number of hydrogen-bond acceptors (Lipinski definition) is 2. The number of carboxylic acids is 1. The minimum absolute atomic E-state index is 0.0770. The van der Waals surface area contributed by atoms with Gasteiger partial charge in [-0.3, -0.25) is 9.59 Å². The number of aliphatic carboxylic acids is 1. The molecule has 21 heavy (non-hydrogen) atoms. The van der Waals surface area contributed by atoms with Crippen molar-refractivity contribution in [2.45, 2.75) is 45.4 Å². The Labute approximate surface area is 126 Å². The maximum atomic E-state index is 12.0. The van der Waals surface area contributed by atoms with E-state index in [1.165, 1.54) is 0 Å². The molecule has 0 radical (unpaired) electrons. The second-order valence-corrected chi connectivity index (χ2v) is 5.51. The monoisotopic (exact) mass is 291 g/mol. The second kappa shape index (κ2) is 7.81. The van der Waals surface area contributed by atoms with Gasteiger partial charge in [0.1, 0.15) is 5.41 Å². The van der Waals surface area contributed by atoms with E-state index in [2.05, 4.69) is 5.32 Å². The third kappa shape index (κ3) is 4.06. The molecule has 2 N–H and O–H groups in total. The van der Waals surface area contributed by atoms with Crippen molar-refractivity contribution >= 4 is 11.9 Å². The smallest absolute Gasteiger partial charge is 0.315 e. The van der Waals surface area contributed by atoms with Gasteiger partial charge in [0.25, 0.3) is 0 Å². The Morgan fingerprint density at radius 1 is 1.24 bits per heavy atom. The van der Waals surface area contributed by atoms with Crippen LogP contribution < -0.4 is 5.32 Å². The molecule has 1 aromatic rings. The van der Waals surface area contributed by atoms with Gasteiger partial charge in [0.05, 0.1) is 0 Å². The molecule has 0 aromatic heterocycles. The van der Waals surface area contributed by atoms with Gasteiger partial charge in [0.2, 0.25) is 5.91 Å². The molecule has 1 rings (SSSR count). The Kier molecular flexibility index (Phi) is 6.40. The zero-order valence-electron chi connectivity index (χ0n) is 13.1. The molecule has 0 spiro atoms. The molecule has 0 saturated heterocycles. The van der Waals surface area contributed by atoms with Crippen molar-refractivity contribution in [2.75, 3.05) is 6.54 Å². The topological polar surface area (TPSA) is 66.4 Å². The quantitative estimate of drug-likeness (QED) is 0.774. The van der Waals surface area contributed by atoms with Crippen LogP contribution in [0.5, 0.6) is 0 Å². The first-order valence-corrected chi connectivity index (χ1v) is 7.54. The highest BCUT2D eigenvalue weighted by Gasteiger charge is 2.39. The fraction of sp³-hybridized carbons (Fsp3) is 0.529. The molecule has 0 saturated carbocycles. The fourth-order valence-electron chi connectivity index (χ4n) is 2.52. The molecule has 2 atom stereocenters. The predicted octanol–water partition coefficient (Wildman–Crippen LogP) is 2.97. The van der Waals surface area contributed by atoms with E-state index in [1.807, 2.05) is 39.0 Å². The highest BCUT2D eigenvalue weighted by Crippen LogP contribution is 2.28. The molecule has 0 fully saturated rings. The minimum atomic E-state index is -1.07. The summed E-state index contributed by atoms with van der Waals surface area (Å²) in [5, 5.41) is 12.5. The van der Waals surface area contributed by atoms with E-state index in [0.717, 1.165) is 18.4 Å². The number of carboxylic acid groups (broad SMARTS) is 1. The molecule has 0 aliphatic rings. The molecular weight excluding hydrogens is 266 g/mol. The van der Waals surface area contributed by atoms with Crippen molar-refractivity contribution in [2.24, 2.45) is 5.92 Å². The zero-order chi connectivity index (χ0) is 15.9. The third-order valence-corrected chi connectivity index (χ3v) is 4.07. The van der Waals surface area contributed by atoms with Crippen LogP contribution in [0.25, 0.3) is 0 Å². The molecule has 0 aliphatic carbocycles. The number of carbonyl (C=O) groups excluding carboxylic acids is 1. The minimum Gasteiger partial charge on any atom is -0.481 e. The number of carbonyl (C=O) groups is 2. The second-order valence-electron chi connectivity index (χ2n) is 5.51. The van der Waals surface area contributed by atoms with Crippen molar-refractivity contribution in [3.63, 3.8) is 0 Å². The highest BCUT2D eigenvalue weighted by atomic mass is 16.4. The number of amides is 1. The van der Waals surface area contributed by atoms with Crippen LogP contribution in [0, 0.1) is 5.92 Å². The normalized spacial score (nSPS) is 15.0. The molecule has 4 nitrogen and oxygen atoms in total. The number of benzene rings is 1. The van der Waals surface area contributed by atoms with Crippen LogP contribution in [-0.4, -0.2) is 23.5 Å². The molecule has 1 amide bonds. The van der Waals surface area contributed by atoms with Gasteiger partial charge in [-0.2, -0.15) is 0 Å². The van der Waals surface area contributed by atoms with Gasteiger partial charge in [-0.1, -0.05) is 57.5 Å². The largest absolute Gasteiger partial charge is 0.481 e. The zero-order valence-corrected chi connectivity index (χ0v) is 13.1. The van der Waals surface area contributed by atoms with Crippen LogP contribution in [0.1, 0.15) is 45.6 Å². The first-order valence-electron chi connectivity index (χ1n) is 7.54. The van der Waals surface area contributed by atoms with Crippen LogP contribution in [0.15, 0.2) is 30.3 Å². The molecule has 2 unspecified atom stereocenters. The summed E-state index contributed by atoms with van der Waals surface area (Å²) in [6.07, 6.45) is 2.17. The third-order valence-electron chi connectivity index (χ3n) is 4.07. The number of nitrogens with one attached hydrogen (secondary N) is 1. The maximum Gasteiger partial charge on any atom is 0.315 e. The molecule has 0 aliphatic heterocycles. The first-order chi connectivity index (χ1) is 9.97. The van der Waals surface area contributed by atoms with Crippen LogP contribution in [0.4, 0.5) is 0 Å². The standard InChI is InChI=1S/C17H25NO3/c1-4-9-13(3)15(19)18-12-17(5-2,16(20)21)14-10-7-6-8-11-14/h6-8,10-11,13H,4-5,9,12H2,1-3H3,(H,18,19)(H,20,21). The number of rotatable bonds is 8. The summed E-state index contributed by atoms with van der Waals surface area (Å²) < 4.78 is 0. The van der Waals surface area contributed by atoms with Gasteiger partial charge in [-0.05, 0) is 18.4 Å². The van der Waals surface area contributed by atoms with Crippen LogP contribution in [0.3, 0.4) is 0 Å². The summed E-state index contributed by atoms with van der Waals surface area (Å²) in [5.74, 6) is -1.07. The summed E-state index contributed by atoms with van der Waals surface area (Å²) in [5.41, 5.74) is -0.341. The SMILES string of the molecule is CCCC(C)C(=O)NCC(CC)(C(=O)O)c1ccccc1. The number of hydrogen-bond donors (Lipinski definition) is 2. The average molecular weight is 291 g/mol. The molecule has 1 aromatic carbocycles. The lowest BCUT2D eigenvalue weighted by atomic mass is 9.78. The molecule has 0 heterocycles. The predicted molar refractivity (Wildman–Crippen MR) is 83.1 cm³/mol. The Bertz CT molecular complexity index is 472. The lowest BCUT2D eigenvalue weighted by Crippen LogP contribution is -2.47. The van der Waals surface area contributed by atoms with E-state index in [0.29, 0.717) is 6.42 Å². The van der Waals surface area contributed by atoms with E-state index in [-0.39, 0.29) is 18.4 Å². The van der Waals surface area contributed by atoms with Crippen LogP contribution in [-0.2, 0) is 15.0 Å². The van der Waals surface area contributed by atoms with Gasteiger partial charge in [-0.25, -0.2) is 0 Å². The Balaban J connectivity index is 2.90. The van der Waals surface area contributed by atoms with E-state index in [4.69, 9.17) is 0 Å². The lowest BCUT2D eigenvalue weighted by Gasteiger charge is -2.29. The fourth-order valence-corrected chi connectivity index (χ4v) is 2.52. The van der Waals surface area contributed by atoms with Gasteiger partial charge in [0, 0.05) is 12.5 Å². The summed E-state index contributed by atoms with van der Waals surface area (Å²) in [6.45, 7) is 5.86. The van der Waals surface area contributed by atoms with Crippen LogP contribution >= 0.6 is 0 Å². The van der Waals surface area contributed by atoms with E-state index < -0.39 is 11.4 Å². The molecule has 116 valence electrons. The van der Waals surface area contributed by atoms with Crippen molar-refractivity contribution in [3.8, 4) is 0 Å². The van der Waals surface area contributed by atoms with Gasteiger partial charge in [0.15, 0.2) is 0 Å². The lowest BCUT2D eigenvalue weighted by molar-refractivity contribution is -0.144. The Hall–Kier alpha value is -1.84. The molecular formula is C17H25NO3. The van der Waals surface area contributed by atoms with E-state index in [1.54, 1.807) is 12.1 Å². The van der Waals surface area contributed by atoms with Crippen molar-refractivity contribution in [1.29, 1.82) is 0 Å². The average Bonchev–Trinajstić information content (AvgIpc) is 2.49. The van der Waals surface area contributed by atoms with Crippen molar-refractivity contribution in [1.82, 2.24) is 5.32 Å². The maximum absolute atomic E-state index is 12.0. The highest BCUT2D eigenvalue weighted by molar-refractivity contribution is 5.84. The Morgan fingerprint density at radius 2 is 1.86 bits per heavy atom. The summed E-state index contributed by atoms with van der Waals surface area (Å²) in [4.78, 5) is 23.9. The first kappa shape index (κ1) is 17.2. The summed E-state index contributed by atoms with van der Waals surface area (Å²) in [7, 11) is 0. The van der Waals surface area contributed by atoms with Gasteiger partial charge in [-0.15, -0.1) is 0 Å². The summed E-state index contributed by atoms with van der Waals surface area (Å²) >= 11 is 0. The van der Waals surface area contributed by atoms with E-state index >= 15 is 0 Å². The van der Waals surface area contributed by atoms with Crippen LogP contribution in [0.2, 0.25) is 0 Å². The van der Waals surface area contributed by atoms with Crippen molar-refractivity contribution in [3.05, 3.63) is 35.9 Å². The van der Waals surface area contributed by atoms with Crippen molar-refractivity contribution < 1.29 is 14.7 Å². The van der Waals surface area contributed by atoms with E-state index in [9.17, 15) is 14.7 Å². The van der Waals surface area contributed by atoms with Gasteiger partial charge < -0.3 is 10.4 Å².